The molecule has 1 amide bonds. The van der Waals surface area contributed by atoms with Crippen LogP contribution in [0.5, 0.6) is 0 Å². The van der Waals surface area contributed by atoms with E-state index in [-0.39, 0.29) is 5.91 Å². The maximum absolute atomic E-state index is 12.8. The molecule has 1 atom stereocenters. The molecule has 2 heterocycles. The van der Waals surface area contributed by atoms with Gasteiger partial charge in [-0.1, -0.05) is 48.2 Å². The van der Waals surface area contributed by atoms with Crippen LogP contribution in [0.1, 0.15) is 17.3 Å². The molecular formula is C23H19N3O3S2. The van der Waals surface area contributed by atoms with Gasteiger partial charge in [-0.05, 0) is 30.7 Å². The second-order valence-corrected chi connectivity index (χ2v) is 8.88. The van der Waals surface area contributed by atoms with Crippen LogP contribution in [-0.2, 0) is 9.53 Å². The fraction of sp³-hybridized carbons (Fsp3) is 0.130. The molecule has 6 nitrogen and oxygen atoms in total. The highest BCUT2D eigenvalue weighted by atomic mass is 32.2. The van der Waals surface area contributed by atoms with E-state index in [1.54, 1.807) is 35.6 Å². The van der Waals surface area contributed by atoms with Crippen molar-refractivity contribution in [3.05, 3.63) is 71.9 Å². The molecule has 0 aliphatic heterocycles. The summed E-state index contributed by atoms with van der Waals surface area (Å²) in [4.78, 5) is 34.3. The Balaban J connectivity index is 1.56. The number of nitrogens with one attached hydrogen (secondary N) is 1. The first-order valence-electron chi connectivity index (χ1n) is 9.50. The summed E-state index contributed by atoms with van der Waals surface area (Å²) >= 11 is 2.94. The molecule has 4 rings (SSSR count). The number of anilines is 1. The maximum atomic E-state index is 12.8. The normalized spacial score (nSPS) is 11.8. The lowest BCUT2D eigenvalue weighted by atomic mass is 10.1. The minimum Gasteiger partial charge on any atom is -0.465 e. The lowest BCUT2D eigenvalue weighted by Crippen LogP contribution is -2.22. The zero-order valence-corrected chi connectivity index (χ0v) is 18.5. The number of esters is 1. The average molecular weight is 450 g/mol. The fourth-order valence-electron chi connectivity index (χ4n) is 3.07. The van der Waals surface area contributed by atoms with E-state index >= 15 is 0 Å². The number of hydrogen-bond acceptors (Lipinski definition) is 7. The molecule has 2 aromatic carbocycles. The highest BCUT2D eigenvalue weighted by molar-refractivity contribution is 8.00. The number of rotatable bonds is 6. The van der Waals surface area contributed by atoms with Gasteiger partial charge in [0.2, 0.25) is 5.91 Å². The van der Waals surface area contributed by atoms with Crippen molar-refractivity contribution < 1.29 is 14.3 Å². The van der Waals surface area contributed by atoms with Crippen LogP contribution in [0, 0.1) is 0 Å². The second-order valence-electron chi connectivity index (χ2n) is 6.70. The lowest BCUT2D eigenvalue weighted by molar-refractivity contribution is -0.115. The number of carbonyl (C=O) groups is 2. The second kappa shape index (κ2) is 9.28. The Bertz CT molecular complexity index is 1240. The zero-order chi connectivity index (χ0) is 21.8. The van der Waals surface area contributed by atoms with Gasteiger partial charge < -0.3 is 10.1 Å². The van der Waals surface area contributed by atoms with Gasteiger partial charge in [0.1, 0.15) is 16.2 Å². The van der Waals surface area contributed by atoms with Gasteiger partial charge in [-0.15, -0.1) is 11.3 Å². The Morgan fingerprint density at radius 2 is 1.90 bits per heavy atom. The van der Waals surface area contributed by atoms with Crippen LogP contribution in [-0.4, -0.2) is 34.2 Å². The highest BCUT2D eigenvalue weighted by Crippen LogP contribution is 2.39. The van der Waals surface area contributed by atoms with Gasteiger partial charge in [-0.2, -0.15) is 0 Å². The van der Waals surface area contributed by atoms with Gasteiger partial charge in [0.15, 0.2) is 0 Å². The first-order valence-corrected chi connectivity index (χ1v) is 11.3. The Morgan fingerprint density at radius 1 is 1.10 bits per heavy atom. The summed E-state index contributed by atoms with van der Waals surface area (Å²) in [7, 11) is 1.32. The maximum Gasteiger partial charge on any atom is 0.337 e. The van der Waals surface area contributed by atoms with Gasteiger partial charge in [-0.3, -0.25) is 4.79 Å². The summed E-state index contributed by atoms with van der Waals surface area (Å²) in [5.41, 5.74) is 3.06. The molecule has 2 aromatic heterocycles. The number of benzene rings is 2. The Morgan fingerprint density at radius 3 is 2.68 bits per heavy atom. The van der Waals surface area contributed by atoms with Crippen LogP contribution in [0.4, 0.5) is 5.69 Å². The number of thioether (sulfide) groups is 1. The number of carbonyl (C=O) groups excluding carboxylic acids is 2. The van der Waals surface area contributed by atoms with Crippen molar-refractivity contribution in [2.75, 3.05) is 12.4 Å². The SMILES string of the molecule is COC(=O)c1cccc(NC(=O)C(C)Sc2ncnc3scc(-c4ccccc4)c23)c1. The molecule has 0 aliphatic carbocycles. The van der Waals surface area contributed by atoms with Crippen molar-refractivity contribution in [3.8, 4) is 11.1 Å². The molecule has 0 radical (unpaired) electrons. The first kappa shape index (κ1) is 21.0. The number of fused-ring (bicyclic) bond motifs is 1. The summed E-state index contributed by atoms with van der Waals surface area (Å²) in [6.45, 7) is 1.83. The molecule has 0 saturated carbocycles. The number of methoxy groups -OCH3 is 1. The molecule has 0 aliphatic rings. The van der Waals surface area contributed by atoms with Crippen LogP contribution in [0.3, 0.4) is 0 Å². The number of thiophene rings is 1. The molecule has 31 heavy (non-hydrogen) atoms. The van der Waals surface area contributed by atoms with Crippen LogP contribution >= 0.6 is 23.1 Å². The van der Waals surface area contributed by atoms with E-state index in [1.165, 1.54) is 25.2 Å². The molecule has 0 fully saturated rings. The van der Waals surface area contributed by atoms with E-state index in [9.17, 15) is 9.59 Å². The van der Waals surface area contributed by atoms with Gasteiger partial charge >= 0.3 is 5.97 Å². The van der Waals surface area contributed by atoms with Gasteiger partial charge in [-0.25, -0.2) is 14.8 Å². The third kappa shape index (κ3) is 4.60. The standard InChI is InChI=1S/C23H19N3O3S2/c1-14(20(27)26-17-10-6-9-16(11-17)23(28)29-2)31-22-19-18(15-7-4-3-5-8-15)12-30-21(19)24-13-25-22/h3-14H,1-2H3,(H,26,27). The van der Waals surface area contributed by atoms with Crippen molar-refractivity contribution in [2.24, 2.45) is 0 Å². The topological polar surface area (TPSA) is 81.2 Å². The van der Waals surface area contributed by atoms with Crippen molar-refractivity contribution >= 4 is 50.9 Å². The molecule has 0 saturated heterocycles. The summed E-state index contributed by atoms with van der Waals surface area (Å²) in [5, 5.41) is 6.23. The summed E-state index contributed by atoms with van der Waals surface area (Å²) in [6, 6.07) is 16.7. The highest BCUT2D eigenvalue weighted by Gasteiger charge is 2.20. The summed E-state index contributed by atoms with van der Waals surface area (Å²) < 4.78 is 4.73. The number of nitrogens with zero attached hydrogens (tertiary/aromatic N) is 2. The van der Waals surface area contributed by atoms with E-state index in [2.05, 4.69) is 20.7 Å². The molecule has 4 aromatic rings. The van der Waals surface area contributed by atoms with E-state index in [0.29, 0.717) is 11.3 Å². The van der Waals surface area contributed by atoms with E-state index < -0.39 is 11.2 Å². The molecule has 0 bridgehead atoms. The number of aromatic nitrogens is 2. The van der Waals surface area contributed by atoms with Crippen molar-refractivity contribution in [1.29, 1.82) is 0 Å². The minimum atomic E-state index is -0.451. The Labute approximate surface area is 187 Å². The largest absolute Gasteiger partial charge is 0.465 e. The third-order valence-corrected chi connectivity index (χ3v) is 6.62. The number of hydrogen-bond donors (Lipinski definition) is 1. The molecular weight excluding hydrogens is 430 g/mol. The van der Waals surface area contributed by atoms with Crippen LogP contribution in [0.25, 0.3) is 21.3 Å². The van der Waals surface area contributed by atoms with Gasteiger partial charge in [0.05, 0.1) is 23.3 Å². The summed E-state index contributed by atoms with van der Waals surface area (Å²) in [6.07, 6.45) is 1.53. The summed E-state index contributed by atoms with van der Waals surface area (Å²) in [5.74, 6) is -0.636. The van der Waals surface area contributed by atoms with Crippen molar-refractivity contribution in [1.82, 2.24) is 9.97 Å². The van der Waals surface area contributed by atoms with E-state index in [4.69, 9.17) is 4.74 Å². The Kier molecular flexibility index (Phi) is 6.29. The van der Waals surface area contributed by atoms with Crippen LogP contribution < -0.4 is 5.32 Å². The smallest absolute Gasteiger partial charge is 0.337 e. The molecule has 0 spiro atoms. The van der Waals surface area contributed by atoms with Crippen LogP contribution in [0.15, 0.2) is 71.3 Å². The van der Waals surface area contributed by atoms with Gasteiger partial charge in [0.25, 0.3) is 0 Å². The van der Waals surface area contributed by atoms with Crippen LogP contribution in [0.2, 0.25) is 0 Å². The number of ether oxygens (including phenoxy) is 1. The molecule has 1 N–H and O–H groups in total. The van der Waals surface area contributed by atoms with Crippen molar-refractivity contribution in [3.63, 3.8) is 0 Å². The average Bonchev–Trinajstić information content (AvgIpc) is 3.24. The van der Waals surface area contributed by atoms with Gasteiger partial charge in [0, 0.05) is 16.6 Å². The molecule has 156 valence electrons. The monoisotopic (exact) mass is 449 g/mol. The predicted octanol–water partition coefficient (Wildman–Crippen LogP) is 5.26. The third-order valence-electron chi connectivity index (χ3n) is 4.63. The zero-order valence-electron chi connectivity index (χ0n) is 16.9. The molecule has 1 unspecified atom stereocenters. The fourth-order valence-corrected chi connectivity index (χ4v) is 4.99. The predicted molar refractivity (Wildman–Crippen MR) is 125 cm³/mol. The lowest BCUT2D eigenvalue weighted by Gasteiger charge is -2.13. The van der Waals surface area contributed by atoms with E-state index in [0.717, 1.165) is 26.4 Å². The minimum absolute atomic E-state index is 0.185. The number of amides is 1. The Hall–Kier alpha value is -3.23. The molecule has 8 heteroatoms. The first-order chi connectivity index (χ1) is 15.1. The van der Waals surface area contributed by atoms with E-state index in [1.807, 2.05) is 37.3 Å². The quantitative estimate of drug-likeness (QED) is 0.246. The van der Waals surface area contributed by atoms with Crippen molar-refractivity contribution in [2.45, 2.75) is 17.2 Å².